The highest BCUT2D eigenvalue weighted by Crippen LogP contribution is 2.24. The highest BCUT2D eigenvalue weighted by atomic mass is 16.5. The monoisotopic (exact) mass is 956 g/mol. The third-order valence-corrected chi connectivity index (χ3v) is 14.9. The topological polar surface area (TPSA) is 73.7 Å². The quantitative estimate of drug-likeness (QED) is 0.0478. The van der Waals surface area contributed by atoms with Crippen molar-refractivity contribution in [2.75, 3.05) is 26.3 Å². The van der Waals surface area contributed by atoms with Gasteiger partial charge in [-0.2, -0.15) is 0 Å². The molecule has 7 nitrogen and oxygen atoms in total. The first-order valence-corrected chi connectivity index (χ1v) is 30.5. The highest BCUT2D eigenvalue weighted by molar-refractivity contribution is 5.69. The second-order valence-corrected chi connectivity index (χ2v) is 21.4. The molecular weight excluding hydrogens is 839 g/mol. The van der Waals surface area contributed by atoms with Gasteiger partial charge in [0, 0.05) is 44.4 Å². The molecule has 1 rings (SSSR count). The lowest BCUT2D eigenvalue weighted by molar-refractivity contribution is -0.146. The van der Waals surface area contributed by atoms with Crippen LogP contribution in [0.3, 0.4) is 0 Å². The Morgan fingerprint density at radius 1 is 0.426 bits per heavy atom. The summed E-state index contributed by atoms with van der Waals surface area (Å²) in [6, 6.07) is 0.534. The van der Waals surface area contributed by atoms with Gasteiger partial charge in [-0.25, -0.2) is 4.98 Å². The number of imidazole rings is 1. The van der Waals surface area contributed by atoms with Gasteiger partial charge in [-0.05, 0) is 82.6 Å². The molecule has 7 heteroatoms. The molecule has 0 aliphatic heterocycles. The summed E-state index contributed by atoms with van der Waals surface area (Å²) in [6.45, 7) is 15.9. The first kappa shape index (κ1) is 64.1. The average molecular weight is 957 g/mol. The van der Waals surface area contributed by atoms with Crippen molar-refractivity contribution in [3.8, 4) is 0 Å². The lowest BCUT2D eigenvalue weighted by atomic mass is 9.95. The van der Waals surface area contributed by atoms with Crippen LogP contribution in [0.4, 0.5) is 0 Å². The number of carbonyl (C=O) groups excluding carboxylic acids is 2. The molecule has 0 saturated heterocycles. The number of hydrogen-bond donors (Lipinski definition) is 0. The average Bonchev–Trinajstić information content (AvgIpc) is 3.87. The Morgan fingerprint density at radius 3 is 1.16 bits per heavy atom. The maximum Gasteiger partial charge on any atom is 0.305 e. The number of rotatable bonds is 54. The van der Waals surface area contributed by atoms with Crippen LogP contribution >= 0.6 is 0 Å². The first-order valence-electron chi connectivity index (χ1n) is 30.5. The third kappa shape index (κ3) is 40.8. The molecule has 1 aromatic rings. The fourth-order valence-corrected chi connectivity index (χ4v) is 10.3. The number of aromatic nitrogens is 2. The first-order chi connectivity index (χ1) is 33.5. The summed E-state index contributed by atoms with van der Waals surface area (Å²) in [5, 5.41) is 0. The predicted octanol–water partition coefficient (Wildman–Crippen LogP) is 18.7. The maximum atomic E-state index is 13.0. The van der Waals surface area contributed by atoms with Crippen LogP contribution in [-0.2, 0) is 25.6 Å². The van der Waals surface area contributed by atoms with Gasteiger partial charge in [0.1, 0.15) is 0 Å². The zero-order valence-corrected chi connectivity index (χ0v) is 46.4. The maximum absolute atomic E-state index is 13.0. The van der Waals surface area contributed by atoms with Gasteiger partial charge < -0.3 is 18.9 Å². The van der Waals surface area contributed by atoms with Gasteiger partial charge in [-0.1, -0.05) is 234 Å². The molecule has 1 aromatic heterocycles. The summed E-state index contributed by atoms with van der Waals surface area (Å²) >= 11 is 0. The number of esters is 2. The van der Waals surface area contributed by atoms with E-state index in [1.54, 1.807) is 0 Å². The van der Waals surface area contributed by atoms with Gasteiger partial charge in [-0.15, -0.1) is 0 Å². The Labute approximate surface area is 424 Å². The van der Waals surface area contributed by atoms with Crippen LogP contribution in [0.25, 0.3) is 0 Å². The Morgan fingerprint density at radius 2 is 0.765 bits per heavy atom. The van der Waals surface area contributed by atoms with Gasteiger partial charge in [-0.3, -0.25) is 9.59 Å². The molecule has 0 aliphatic carbocycles. The van der Waals surface area contributed by atoms with Crippen LogP contribution < -0.4 is 0 Å². The van der Waals surface area contributed by atoms with E-state index in [0.717, 1.165) is 58.0 Å². The molecule has 68 heavy (non-hydrogen) atoms. The van der Waals surface area contributed by atoms with Crippen LogP contribution in [0.2, 0.25) is 0 Å². The van der Waals surface area contributed by atoms with Gasteiger partial charge in [0.2, 0.25) is 0 Å². The minimum atomic E-state index is 0.0118. The zero-order valence-electron chi connectivity index (χ0n) is 46.4. The van der Waals surface area contributed by atoms with Crippen LogP contribution in [0.1, 0.15) is 311 Å². The summed E-state index contributed by atoms with van der Waals surface area (Å²) in [6.07, 6.45) is 58.4. The fourth-order valence-electron chi connectivity index (χ4n) is 10.3. The highest BCUT2D eigenvalue weighted by Gasteiger charge is 2.19. The Bertz CT molecular complexity index is 1120. The minimum absolute atomic E-state index is 0.0118. The summed E-state index contributed by atoms with van der Waals surface area (Å²) < 4.78 is 14.2. The molecule has 0 bridgehead atoms. The van der Waals surface area contributed by atoms with E-state index >= 15 is 0 Å². The van der Waals surface area contributed by atoms with Crippen molar-refractivity contribution in [1.82, 2.24) is 14.5 Å². The van der Waals surface area contributed by atoms with Crippen molar-refractivity contribution in [1.29, 1.82) is 0 Å². The third-order valence-electron chi connectivity index (χ3n) is 14.9. The number of unbranched alkanes of at least 4 members (excludes halogenated alkanes) is 27. The Hall–Kier alpha value is -1.89. The van der Waals surface area contributed by atoms with Crippen molar-refractivity contribution in [2.24, 2.45) is 11.8 Å². The van der Waals surface area contributed by atoms with Gasteiger partial charge >= 0.3 is 11.9 Å². The van der Waals surface area contributed by atoms with E-state index in [2.05, 4.69) is 55.3 Å². The molecule has 0 N–H and O–H groups in total. The number of hydrogen-bond acceptors (Lipinski definition) is 6. The molecule has 0 amide bonds. The minimum Gasteiger partial charge on any atom is -0.465 e. The van der Waals surface area contributed by atoms with Crippen molar-refractivity contribution >= 4 is 11.9 Å². The van der Waals surface area contributed by atoms with Gasteiger partial charge in [0.15, 0.2) is 0 Å². The summed E-state index contributed by atoms with van der Waals surface area (Å²) in [5.74, 6) is 1.06. The van der Waals surface area contributed by atoms with E-state index in [-0.39, 0.29) is 11.9 Å². The van der Waals surface area contributed by atoms with Crippen LogP contribution in [-0.4, -0.2) is 58.7 Å². The molecule has 0 saturated carbocycles. The summed E-state index contributed by atoms with van der Waals surface area (Å²) in [5.41, 5.74) is 0. The van der Waals surface area contributed by atoms with Crippen molar-refractivity contribution < 1.29 is 19.1 Å². The number of aryl methyl sites for hydroxylation is 1. The lowest BCUT2D eigenvalue weighted by Crippen LogP contribution is -2.37. The molecule has 2 atom stereocenters. The molecule has 400 valence electrons. The van der Waals surface area contributed by atoms with E-state index in [0.29, 0.717) is 43.9 Å². The van der Waals surface area contributed by atoms with E-state index in [4.69, 9.17) is 9.47 Å². The van der Waals surface area contributed by atoms with E-state index in [1.165, 1.54) is 225 Å². The molecule has 0 fully saturated rings. The fraction of sp³-hybridized carbons (Fsp3) is 0.918. The molecule has 0 spiro atoms. The lowest BCUT2D eigenvalue weighted by Gasteiger charge is -2.32. The Kier molecular flexibility index (Phi) is 47.2. The predicted molar refractivity (Wildman–Crippen MR) is 293 cm³/mol. The summed E-state index contributed by atoms with van der Waals surface area (Å²) in [7, 11) is 0. The second-order valence-electron chi connectivity index (χ2n) is 21.4. The van der Waals surface area contributed by atoms with E-state index < -0.39 is 0 Å². The molecule has 2 unspecified atom stereocenters. The van der Waals surface area contributed by atoms with Crippen LogP contribution in [0.5, 0.6) is 0 Å². The van der Waals surface area contributed by atoms with E-state index in [9.17, 15) is 9.59 Å². The molecule has 1 heterocycles. The Balaban J connectivity index is 2.78. The van der Waals surface area contributed by atoms with Gasteiger partial charge in [0.05, 0.1) is 19.5 Å². The van der Waals surface area contributed by atoms with Crippen LogP contribution in [0.15, 0.2) is 18.7 Å². The number of ether oxygens (including phenoxy) is 2. The summed E-state index contributed by atoms with van der Waals surface area (Å²) in [4.78, 5) is 33.2. The standard InChI is InChI=1S/C61H117N3O4/c1-6-11-16-21-24-25-28-39-51-64(52-40-50-63-53-49-62-56-63)59(45-35-29-37-47-60(65)67-54-57(41-31-19-14-9-4)43-33-26-22-17-12-7-2)46-36-30-38-48-61(66)68-55-58(42-32-20-15-10-5)44-34-27-23-18-13-8-3/h49,53,56-59H,6-48,50-52,54-55H2,1-5H3. The van der Waals surface area contributed by atoms with Crippen molar-refractivity contribution in [2.45, 2.75) is 323 Å². The van der Waals surface area contributed by atoms with Crippen molar-refractivity contribution in [3.63, 3.8) is 0 Å². The van der Waals surface area contributed by atoms with Crippen LogP contribution in [0, 0.1) is 11.8 Å². The smallest absolute Gasteiger partial charge is 0.305 e. The molecule has 0 aromatic carbocycles. The number of carbonyl (C=O) groups is 2. The molecular formula is C61H117N3O4. The normalized spacial score (nSPS) is 13.0. The molecule has 0 aliphatic rings. The van der Waals surface area contributed by atoms with Gasteiger partial charge in [0.25, 0.3) is 0 Å². The SMILES string of the molecule is CCCCCCCCCCN(CCCn1ccnc1)C(CCCCCC(=O)OCC(CCCCCC)CCCCCCCC)CCCCCC(=O)OCC(CCCCCC)CCCCCCCC. The van der Waals surface area contributed by atoms with Crippen molar-refractivity contribution in [3.05, 3.63) is 18.7 Å². The zero-order chi connectivity index (χ0) is 49.2. The molecule has 0 radical (unpaired) electrons. The second kappa shape index (κ2) is 50.1. The number of nitrogens with zero attached hydrogens (tertiary/aromatic N) is 3. The largest absolute Gasteiger partial charge is 0.465 e. The van der Waals surface area contributed by atoms with E-state index in [1.807, 2.05) is 12.5 Å².